The average molecular weight is 420 g/mol. The molecule has 0 aliphatic carbocycles. The second-order valence-electron chi connectivity index (χ2n) is 9.15. The number of nitrogens with one attached hydrogen (secondary N) is 1. The minimum Gasteiger partial charge on any atom is -0.497 e. The van der Waals surface area contributed by atoms with Crippen molar-refractivity contribution in [2.24, 2.45) is 11.3 Å². The van der Waals surface area contributed by atoms with Crippen LogP contribution in [0.25, 0.3) is 0 Å². The van der Waals surface area contributed by atoms with E-state index in [9.17, 15) is 9.59 Å². The van der Waals surface area contributed by atoms with Crippen LogP contribution in [0.5, 0.6) is 11.5 Å². The molecule has 1 fully saturated rings. The number of hydrogen-bond donors (Lipinski definition) is 1. The summed E-state index contributed by atoms with van der Waals surface area (Å²) in [4.78, 5) is 29.2. The van der Waals surface area contributed by atoms with Gasteiger partial charge in [0.05, 0.1) is 7.11 Å². The summed E-state index contributed by atoms with van der Waals surface area (Å²) >= 11 is 0. The molecule has 1 saturated heterocycles. The fraction of sp³-hybridized carbons (Fsp3) is 0.652. The summed E-state index contributed by atoms with van der Waals surface area (Å²) in [6.45, 7) is 8.78. The normalized spacial score (nSPS) is 16.3. The smallest absolute Gasteiger partial charge is 0.263 e. The molecule has 0 bridgehead atoms. The van der Waals surface area contributed by atoms with Crippen LogP contribution in [0.1, 0.15) is 33.6 Å². The van der Waals surface area contributed by atoms with Gasteiger partial charge in [0.15, 0.2) is 6.10 Å². The molecule has 168 valence electrons. The molecular formula is C23H37N3O4. The van der Waals surface area contributed by atoms with Gasteiger partial charge >= 0.3 is 0 Å². The lowest BCUT2D eigenvalue weighted by atomic mass is 9.91. The van der Waals surface area contributed by atoms with Crippen molar-refractivity contribution in [2.45, 2.75) is 39.7 Å². The zero-order valence-electron chi connectivity index (χ0n) is 19.2. The Morgan fingerprint density at radius 2 is 1.73 bits per heavy atom. The van der Waals surface area contributed by atoms with E-state index in [1.165, 1.54) is 0 Å². The molecule has 2 amide bonds. The lowest BCUT2D eigenvalue weighted by Gasteiger charge is -2.34. The maximum atomic E-state index is 12.7. The van der Waals surface area contributed by atoms with E-state index in [1.807, 2.05) is 14.1 Å². The molecule has 0 aromatic heterocycles. The lowest BCUT2D eigenvalue weighted by Crippen LogP contribution is -2.48. The second kappa shape index (κ2) is 10.7. The molecule has 1 aromatic rings. The Labute approximate surface area is 180 Å². The van der Waals surface area contributed by atoms with Crippen LogP contribution in [0.15, 0.2) is 24.3 Å². The number of hydrogen-bond acceptors (Lipinski definition) is 5. The monoisotopic (exact) mass is 419 g/mol. The number of nitrogens with zero attached hydrogens (tertiary/aromatic N) is 2. The summed E-state index contributed by atoms with van der Waals surface area (Å²) in [5, 5.41) is 3.10. The second-order valence-corrected chi connectivity index (χ2v) is 9.15. The molecule has 0 spiro atoms. The fourth-order valence-electron chi connectivity index (χ4n) is 3.91. The Morgan fingerprint density at radius 3 is 2.27 bits per heavy atom. The zero-order valence-corrected chi connectivity index (χ0v) is 19.2. The van der Waals surface area contributed by atoms with E-state index < -0.39 is 6.10 Å². The zero-order chi connectivity index (χ0) is 22.3. The first-order chi connectivity index (χ1) is 14.1. The number of rotatable bonds is 9. The Hall–Kier alpha value is -2.28. The number of ether oxygens (including phenoxy) is 2. The summed E-state index contributed by atoms with van der Waals surface area (Å²) < 4.78 is 10.9. The highest BCUT2D eigenvalue weighted by atomic mass is 16.5. The average Bonchev–Trinajstić information content (AvgIpc) is 2.71. The van der Waals surface area contributed by atoms with Crippen LogP contribution < -0.4 is 14.8 Å². The van der Waals surface area contributed by atoms with Gasteiger partial charge in [-0.05, 0) is 63.5 Å². The van der Waals surface area contributed by atoms with Gasteiger partial charge < -0.3 is 24.6 Å². The van der Waals surface area contributed by atoms with Gasteiger partial charge in [0.1, 0.15) is 11.5 Å². The van der Waals surface area contributed by atoms with Gasteiger partial charge in [0.2, 0.25) is 5.91 Å². The highest BCUT2D eigenvalue weighted by Crippen LogP contribution is 2.22. The van der Waals surface area contributed by atoms with Crippen LogP contribution in [0.3, 0.4) is 0 Å². The maximum Gasteiger partial charge on any atom is 0.263 e. The summed E-state index contributed by atoms with van der Waals surface area (Å²) in [5.41, 5.74) is 0.0179. The van der Waals surface area contributed by atoms with Crippen molar-refractivity contribution in [3.05, 3.63) is 24.3 Å². The molecule has 30 heavy (non-hydrogen) atoms. The molecule has 1 aliphatic rings. The number of amides is 2. The maximum absolute atomic E-state index is 12.7. The van der Waals surface area contributed by atoms with Crippen molar-refractivity contribution in [1.29, 1.82) is 0 Å². The van der Waals surface area contributed by atoms with E-state index >= 15 is 0 Å². The molecule has 7 heteroatoms. The Bertz CT molecular complexity index is 695. The van der Waals surface area contributed by atoms with Gasteiger partial charge in [-0.3, -0.25) is 9.59 Å². The van der Waals surface area contributed by atoms with Crippen molar-refractivity contribution in [3.8, 4) is 11.5 Å². The molecule has 1 heterocycles. The van der Waals surface area contributed by atoms with Crippen molar-refractivity contribution in [3.63, 3.8) is 0 Å². The quantitative estimate of drug-likeness (QED) is 0.666. The number of methoxy groups -OCH3 is 1. The predicted molar refractivity (Wildman–Crippen MR) is 118 cm³/mol. The molecule has 2 rings (SSSR count). The third kappa shape index (κ3) is 7.20. The summed E-state index contributed by atoms with van der Waals surface area (Å²) in [6.07, 6.45) is 0.789. The van der Waals surface area contributed by atoms with Crippen LogP contribution in [-0.4, -0.2) is 75.1 Å². The van der Waals surface area contributed by atoms with Crippen molar-refractivity contribution in [1.82, 2.24) is 15.1 Å². The molecule has 0 radical (unpaired) electrons. The van der Waals surface area contributed by atoms with Gasteiger partial charge in [-0.25, -0.2) is 0 Å². The summed E-state index contributed by atoms with van der Waals surface area (Å²) in [5.74, 6) is 1.38. The Kier molecular flexibility index (Phi) is 8.53. The van der Waals surface area contributed by atoms with Crippen LogP contribution in [-0.2, 0) is 9.59 Å². The highest BCUT2D eigenvalue weighted by Gasteiger charge is 2.31. The first-order valence-corrected chi connectivity index (χ1v) is 10.6. The summed E-state index contributed by atoms with van der Waals surface area (Å²) in [6, 6.07) is 7.18. The number of piperidine rings is 1. The Balaban J connectivity index is 1.78. The molecular weight excluding hydrogens is 382 g/mol. The molecule has 1 aromatic carbocycles. The van der Waals surface area contributed by atoms with E-state index in [4.69, 9.17) is 9.47 Å². The molecule has 1 unspecified atom stereocenters. The van der Waals surface area contributed by atoms with Crippen molar-refractivity contribution >= 4 is 11.8 Å². The molecule has 1 atom stereocenters. The van der Waals surface area contributed by atoms with Crippen molar-refractivity contribution in [2.75, 3.05) is 47.4 Å². The highest BCUT2D eigenvalue weighted by molar-refractivity contribution is 5.82. The number of benzene rings is 1. The van der Waals surface area contributed by atoms with Gasteiger partial charge in [0, 0.05) is 32.1 Å². The first kappa shape index (κ1) is 24.0. The third-order valence-corrected chi connectivity index (χ3v) is 5.38. The van der Waals surface area contributed by atoms with E-state index in [2.05, 4.69) is 24.1 Å². The van der Waals surface area contributed by atoms with Crippen LogP contribution in [0, 0.1) is 11.3 Å². The van der Waals surface area contributed by atoms with Gasteiger partial charge in [0.25, 0.3) is 5.91 Å². The van der Waals surface area contributed by atoms with Crippen molar-refractivity contribution < 1.29 is 19.1 Å². The van der Waals surface area contributed by atoms with E-state index in [-0.39, 0.29) is 23.1 Å². The molecule has 1 N–H and O–H groups in total. The summed E-state index contributed by atoms with van der Waals surface area (Å²) in [7, 11) is 5.68. The van der Waals surface area contributed by atoms with Crippen LogP contribution >= 0.6 is 0 Å². The largest absolute Gasteiger partial charge is 0.497 e. The minimum absolute atomic E-state index is 0.0179. The molecule has 0 saturated carbocycles. The van der Waals surface area contributed by atoms with E-state index in [0.717, 1.165) is 12.3 Å². The molecule has 1 aliphatic heterocycles. The number of likely N-dealkylation sites (tertiary alicyclic amines) is 1. The SMILES string of the molecule is COc1ccc(OC(C)C(=O)N2CCC(C(=O)NCC(C)(C)CN(C)C)CC2)cc1. The van der Waals surface area contributed by atoms with Crippen LogP contribution in [0.4, 0.5) is 0 Å². The van der Waals surface area contributed by atoms with E-state index in [1.54, 1.807) is 43.2 Å². The standard InChI is InChI=1S/C23H37N3O4/c1-17(30-20-9-7-19(29-6)8-10-20)22(28)26-13-11-18(12-14-26)21(27)24-15-23(2,3)16-25(4)5/h7-10,17-18H,11-16H2,1-6H3,(H,24,27). The predicted octanol–water partition coefficient (Wildman–Crippen LogP) is 2.41. The molecule has 7 nitrogen and oxygen atoms in total. The van der Waals surface area contributed by atoms with Gasteiger partial charge in [-0.1, -0.05) is 13.8 Å². The van der Waals surface area contributed by atoms with Crippen LogP contribution in [0.2, 0.25) is 0 Å². The van der Waals surface area contributed by atoms with E-state index in [0.29, 0.717) is 38.2 Å². The van der Waals surface area contributed by atoms with Gasteiger partial charge in [-0.2, -0.15) is 0 Å². The number of carbonyl (C=O) groups excluding carboxylic acids is 2. The lowest BCUT2D eigenvalue weighted by molar-refractivity contribution is -0.141. The topological polar surface area (TPSA) is 71.1 Å². The minimum atomic E-state index is -0.574. The Morgan fingerprint density at radius 1 is 1.17 bits per heavy atom. The third-order valence-electron chi connectivity index (χ3n) is 5.38. The number of carbonyl (C=O) groups is 2. The van der Waals surface area contributed by atoms with Gasteiger partial charge in [-0.15, -0.1) is 0 Å². The first-order valence-electron chi connectivity index (χ1n) is 10.6. The fourth-order valence-corrected chi connectivity index (χ4v) is 3.91.